The van der Waals surface area contributed by atoms with Gasteiger partial charge in [-0.3, -0.25) is 10.1 Å². The van der Waals surface area contributed by atoms with E-state index < -0.39 is 0 Å². The lowest BCUT2D eigenvalue weighted by Crippen LogP contribution is -2.21. The van der Waals surface area contributed by atoms with Gasteiger partial charge in [0.25, 0.3) is 11.9 Å². The third-order valence-electron chi connectivity index (χ3n) is 2.91. The average Bonchev–Trinajstić information content (AvgIpc) is 2.91. The van der Waals surface area contributed by atoms with Crippen molar-refractivity contribution in [2.24, 2.45) is 0 Å². The number of tetrazole rings is 1. The quantitative estimate of drug-likeness (QED) is 0.846. The van der Waals surface area contributed by atoms with Crippen LogP contribution in [0.3, 0.4) is 0 Å². The lowest BCUT2D eigenvalue weighted by Gasteiger charge is -2.08. The molecule has 7 nitrogen and oxygen atoms in total. The Morgan fingerprint density at radius 2 is 2.27 bits per heavy atom. The number of nitrogens with one attached hydrogen (secondary N) is 1. The van der Waals surface area contributed by atoms with Gasteiger partial charge in [-0.1, -0.05) is 30.0 Å². The molecule has 1 aromatic heterocycles. The summed E-state index contributed by atoms with van der Waals surface area (Å²) in [7, 11) is 0. The number of rotatable bonds is 7. The van der Waals surface area contributed by atoms with E-state index in [-0.39, 0.29) is 18.5 Å². The first-order valence-corrected chi connectivity index (χ1v) is 7.43. The lowest BCUT2D eigenvalue weighted by atomic mass is 10.2. The summed E-state index contributed by atoms with van der Waals surface area (Å²) in [6.07, 6.45) is 2.00. The van der Waals surface area contributed by atoms with Crippen LogP contribution in [0.15, 0.2) is 18.2 Å². The second-order valence-electron chi connectivity index (χ2n) is 4.81. The van der Waals surface area contributed by atoms with Crippen LogP contribution in [0.25, 0.3) is 0 Å². The van der Waals surface area contributed by atoms with Gasteiger partial charge in [-0.2, -0.15) is 4.80 Å². The number of anilines is 1. The fraction of sp³-hybridized carbons (Fsp3) is 0.429. The number of benzene rings is 1. The maximum Gasteiger partial charge on any atom is 0.270 e. The molecule has 118 valence electrons. The second-order valence-corrected chi connectivity index (χ2v) is 5.25. The summed E-state index contributed by atoms with van der Waals surface area (Å²) in [6.45, 7) is 4.49. The fourth-order valence-electron chi connectivity index (χ4n) is 1.77. The van der Waals surface area contributed by atoms with Crippen molar-refractivity contribution < 1.29 is 9.53 Å². The smallest absolute Gasteiger partial charge is 0.270 e. The molecule has 1 amide bonds. The Balaban J connectivity index is 1.83. The Kier molecular flexibility index (Phi) is 5.71. The molecule has 0 aliphatic rings. The number of ether oxygens (including phenoxy) is 1. The van der Waals surface area contributed by atoms with Gasteiger partial charge in [0.15, 0.2) is 6.61 Å². The summed E-state index contributed by atoms with van der Waals surface area (Å²) < 4.78 is 5.44. The first kappa shape index (κ1) is 16.2. The molecular weight excluding hydrogens is 306 g/mol. The average molecular weight is 324 g/mol. The number of aryl methyl sites for hydroxylation is 2. The van der Waals surface area contributed by atoms with Crippen LogP contribution in [0.5, 0.6) is 5.75 Å². The number of halogens is 1. The molecule has 1 heterocycles. The van der Waals surface area contributed by atoms with E-state index in [1.807, 2.05) is 6.92 Å². The molecule has 2 rings (SSSR count). The van der Waals surface area contributed by atoms with Crippen molar-refractivity contribution in [3.05, 3.63) is 28.8 Å². The minimum Gasteiger partial charge on any atom is -0.483 e. The number of aromatic nitrogens is 4. The third kappa shape index (κ3) is 4.70. The van der Waals surface area contributed by atoms with E-state index in [0.29, 0.717) is 17.3 Å². The summed E-state index contributed by atoms with van der Waals surface area (Å²) in [5.41, 5.74) is 0.865. The highest BCUT2D eigenvalue weighted by molar-refractivity contribution is 6.30. The van der Waals surface area contributed by atoms with Crippen LogP contribution in [0.1, 0.15) is 25.3 Å². The molecule has 2 aromatic rings. The maximum absolute atomic E-state index is 11.8. The zero-order chi connectivity index (χ0) is 15.9. The number of nitrogens with zero attached hydrogens (tertiary/aromatic N) is 4. The van der Waals surface area contributed by atoms with Crippen LogP contribution in [-0.4, -0.2) is 32.7 Å². The number of carbonyl (C=O) groups is 1. The summed E-state index contributed by atoms with van der Waals surface area (Å²) in [4.78, 5) is 13.3. The molecule has 1 aromatic carbocycles. The van der Waals surface area contributed by atoms with Crippen LogP contribution in [0.4, 0.5) is 5.95 Å². The van der Waals surface area contributed by atoms with E-state index in [0.717, 1.165) is 18.4 Å². The van der Waals surface area contributed by atoms with E-state index in [2.05, 4.69) is 27.7 Å². The van der Waals surface area contributed by atoms with Gasteiger partial charge < -0.3 is 4.74 Å². The van der Waals surface area contributed by atoms with Crippen molar-refractivity contribution in [2.45, 2.75) is 33.2 Å². The second kappa shape index (κ2) is 7.74. The van der Waals surface area contributed by atoms with Gasteiger partial charge in [0, 0.05) is 5.02 Å². The van der Waals surface area contributed by atoms with Gasteiger partial charge in [0.2, 0.25) is 0 Å². The SMILES string of the molecule is CCCCn1nnc(NC(=O)COc2ccc(Cl)cc2C)n1. The summed E-state index contributed by atoms with van der Waals surface area (Å²) in [5, 5.41) is 14.9. The molecule has 0 unspecified atom stereocenters. The van der Waals surface area contributed by atoms with Gasteiger partial charge in [-0.15, -0.1) is 5.10 Å². The van der Waals surface area contributed by atoms with E-state index in [4.69, 9.17) is 16.3 Å². The van der Waals surface area contributed by atoms with Gasteiger partial charge >= 0.3 is 0 Å². The zero-order valence-electron chi connectivity index (χ0n) is 12.5. The van der Waals surface area contributed by atoms with Crippen LogP contribution >= 0.6 is 11.6 Å². The molecule has 8 heteroatoms. The fourth-order valence-corrected chi connectivity index (χ4v) is 1.99. The normalized spacial score (nSPS) is 10.5. The highest BCUT2D eigenvalue weighted by Crippen LogP contribution is 2.21. The van der Waals surface area contributed by atoms with Crippen molar-refractivity contribution in [1.29, 1.82) is 0 Å². The Bertz CT molecular complexity index is 644. The van der Waals surface area contributed by atoms with E-state index in [9.17, 15) is 4.79 Å². The van der Waals surface area contributed by atoms with E-state index in [1.165, 1.54) is 4.80 Å². The molecule has 0 spiro atoms. The molecule has 0 fully saturated rings. The number of hydrogen-bond acceptors (Lipinski definition) is 5. The highest BCUT2D eigenvalue weighted by atomic mass is 35.5. The maximum atomic E-state index is 11.8. The molecule has 0 aliphatic heterocycles. The lowest BCUT2D eigenvalue weighted by molar-refractivity contribution is -0.118. The van der Waals surface area contributed by atoms with Gasteiger partial charge in [0.05, 0.1) is 6.54 Å². The Labute approximate surface area is 133 Å². The standard InChI is InChI=1S/C14H18ClN5O2/c1-3-4-7-20-18-14(17-19-20)16-13(21)9-22-12-6-5-11(15)8-10(12)2/h5-6,8H,3-4,7,9H2,1-2H3,(H,16,18,21). The van der Waals surface area contributed by atoms with Gasteiger partial charge in [-0.05, 0) is 42.3 Å². The van der Waals surface area contributed by atoms with E-state index in [1.54, 1.807) is 18.2 Å². The number of amides is 1. The highest BCUT2D eigenvalue weighted by Gasteiger charge is 2.09. The first-order valence-electron chi connectivity index (χ1n) is 7.05. The van der Waals surface area contributed by atoms with Crippen molar-refractivity contribution in [3.63, 3.8) is 0 Å². The molecule has 0 atom stereocenters. The van der Waals surface area contributed by atoms with Crippen molar-refractivity contribution >= 4 is 23.5 Å². The first-order chi connectivity index (χ1) is 10.6. The molecule has 22 heavy (non-hydrogen) atoms. The monoisotopic (exact) mass is 323 g/mol. The third-order valence-corrected chi connectivity index (χ3v) is 3.15. The Hall–Kier alpha value is -2.15. The van der Waals surface area contributed by atoms with Crippen LogP contribution in [-0.2, 0) is 11.3 Å². The molecular formula is C14H18ClN5O2. The van der Waals surface area contributed by atoms with Crippen LogP contribution in [0, 0.1) is 6.92 Å². The largest absolute Gasteiger partial charge is 0.483 e. The summed E-state index contributed by atoms with van der Waals surface area (Å²) >= 11 is 5.86. The van der Waals surface area contributed by atoms with Crippen molar-refractivity contribution in [1.82, 2.24) is 20.2 Å². The topological polar surface area (TPSA) is 81.9 Å². The van der Waals surface area contributed by atoms with Gasteiger partial charge in [-0.25, -0.2) is 0 Å². The minimum absolute atomic E-state index is 0.133. The molecule has 0 aliphatic carbocycles. The van der Waals surface area contributed by atoms with Gasteiger partial charge in [0.1, 0.15) is 5.75 Å². The summed E-state index contributed by atoms with van der Waals surface area (Å²) in [5.74, 6) is 0.445. The predicted molar refractivity (Wildman–Crippen MR) is 83.0 cm³/mol. The zero-order valence-corrected chi connectivity index (χ0v) is 13.3. The van der Waals surface area contributed by atoms with Crippen molar-refractivity contribution in [2.75, 3.05) is 11.9 Å². The molecule has 0 bridgehead atoms. The molecule has 0 saturated heterocycles. The Morgan fingerprint density at radius 3 is 3.00 bits per heavy atom. The summed E-state index contributed by atoms with van der Waals surface area (Å²) in [6, 6.07) is 5.21. The Morgan fingerprint density at radius 1 is 1.45 bits per heavy atom. The molecule has 1 N–H and O–H groups in total. The number of hydrogen-bond donors (Lipinski definition) is 1. The number of carbonyl (C=O) groups excluding carboxylic acids is 1. The minimum atomic E-state index is -0.343. The van der Waals surface area contributed by atoms with E-state index >= 15 is 0 Å². The van der Waals surface area contributed by atoms with Crippen LogP contribution in [0.2, 0.25) is 5.02 Å². The van der Waals surface area contributed by atoms with Crippen LogP contribution < -0.4 is 10.1 Å². The number of unbranched alkanes of at least 4 members (excludes halogenated alkanes) is 1. The van der Waals surface area contributed by atoms with Crippen molar-refractivity contribution in [3.8, 4) is 5.75 Å². The molecule has 0 saturated carbocycles. The predicted octanol–water partition coefficient (Wildman–Crippen LogP) is 2.45. The molecule has 0 radical (unpaired) electrons.